The summed E-state index contributed by atoms with van der Waals surface area (Å²) in [5, 5.41) is 9.75. The molecule has 0 radical (unpaired) electrons. The number of benzene rings is 1. The predicted molar refractivity (Wildman–Crippen MR) is 79.8 cm³/mol. The van der Waals surface area contributed by atoms with E-state index in [-0.39, 0.29) is 24.3 Å². The van der Waals surface area contributed by atoms with E-state index in [1.807, 2.05) is 24.3 Å². The van der Waals surface area contributed by atoms with Crippen LogP contribution >= 0.6 is 0 Å². The van der Waals surface area contributed by atoms with Gasteiger partial charge in [0.05, 0.1) is 12.5 Å². The van der Waals surface area contributed by atoms with Gasteiger partial charge in [0.15, 0.2) is 0 Å². The maximum atomic E-state index is 12.1. The first kappa shape index (κ1) is 14.2. The number of carbonyl (C=O) groups is 2. The Labute approximate surface area is 127 Å². The summed E-state index contributed by atoms with van der Waals surface area (Å²) in [5.41, 5.74) is 1.72. The standard InChI is InChI=1S/C15H17N5O2/c21-14(6-3-7-20-10-16-9-17-20)19-13-8-15(22)18-12-5-2-1-4-11(12)13/h1-2,4-5,9-10,13H,3,6-8H2,(H,18,22)(H,19,21)/t13-/m0/s1. The topological polar surface area (TPSA) is 88.9 Å². The fraction of sp³-hybridized carbons (Fsp3) is 0.333. The van der Waals surface area contributed by atoms with Crippen LogP contribution in [0.25, 0.3) is 0 Å². The molecular formula is C15H17N5O2. The molecule has 0 fully saturated rings. The molecule has 1 aliphatic heterocycles. The van der Waals surface area contributed by atoms with Crippen LogP contribution in [0.2, 0.25) is 0 Å². The number of nitrogens with zero attached hydrogens (tertiary/aromatic N) is 3. The van der Waals surface area contributed by atoms with Crippen LogP contribution in [-0.4, -0.2) is 26.6 Å². The monoisotopic (exact) mass is 299 g/mol. The van der Waals surface area contributed by atoms with Gasteiger partial charge in [-0.1, -0.05) is 18.2 Å². The molecular weight excluding hydrogens is 282 g/mol. The van der Waals surface area contributed by atoms with Crippen LogP contribution in [-0.2, 0) is 16.1 Å². The van der Waals surface area contributed by atoms with Crippen LogP contribution in [0.15, 0.2) is 36.9 Å². The zero-order valence-electron chi connectivity index (χ0n) is 12.0. The molecule has 0 unspecified atom stereocenters. The average Bonchev–Trinajstić information content (AvgIpc) is 3.00. The number of rotatable bonds is 5. The summed E-state index contributed by atoms with van der Waals surface area (Å²) in [6, 6.07) is 7.27. The number of hydrogen-bond donors (Lipinski definition) is 2. The van der Waals surface area contributed by atoms with Gasteiger partial charge in [0.25, 0.3) is 0 Å². The maximum Gasteiger partial charge on any atom is 0.226 e. The van der Waals surface area contributed by atoms with E-state index in [2.05, 4.69) is 20.7 Å². The second kappa shape index (κ2) is 6.38. The van der Waals surface area contributed by atoms with E-state index in [1.54, 1.807) is 11.0 Å². The van der Waals surface area contributed by atoms with Crippen molar-refractivity contribution in [3.8, 4) is 0 Å². The minimum absolute atomic E-state index is 0.0605. The smallest absolute Gasteiger partial charge is 0.226 e. The summed E-state index contributed by atoms with van der Waals surface area (Å²) in [6.07, 6.45) is 4.43. The van der Waals surface area contributed by atoms with Crippen molar-refractivity contribution < 1.29 is 9.59 Å². The number of para-hydroxylation sites is 1. The lowest BCUT2D eigenvalue weighted by Gasteiger charge is -2.26. The van der Waals surface area contributed by atoms with Crippen molar-refractivity contribution in [3.05, 3.63) is 42.5 Å². The van der Waals surface area contributed by atoms with Gasteiger partial charge in [0, 0.05) is 18.7 Å². The highest BCUT2D eigenvalue weighted by molar-refractivity contribution is 5.95. The van der Waals surface area contributed by atoms with E-state index in [4.69, 9.17) is 0 Å². The Morgan fingerprint density at radius 1 is 1.41 bits per heavy atom. The Bertz CT molecular complexity index is 668. The minimum atomic E-state index is -0.260. The molecule has 3 rings (SSSR count). The van der Waals surface area contributed by atoms with E-state index >= 15 is 0 Å². The van der Waals surface area contributed by atoms with Crippen LogP contribution < -0.4 is 10.6 Å². The van der Waals surface area contributed by atoms with Gasteiger partial charge in [-0.3, -0.25) is 14.3 Å². The lowest BCUT2D eigenvalue weighted by molar-refractivity contribution is -0.122. The molecule has 1 aliphatic rings. The first-order chi connectivity index (χ1) is 10.7. The number of aromatic nitrogens is 3. The van der Waals surface area contributed by atoms with E-state index in [0.29, 0.717) is 19.4 Å². The molecule has 22 heavy (non-hydrogen) atoms. The van der Waals surface area contributed by atoms with Crippen LogP contribution in [0.3, 0.4) is 0 Å². The molecule has 1 atom stereocenters. The Balaban J connectivity index is 1.56. The molecule has 1 aromatic carbocycles. The van der Waals surface area contributed by atoms with Crippen LogP contribution in [0.4, 0.5) is 5.69 Å². The SMILES string of the molecule is O=C1C[C@H](NC(=O)CCCn2cncn2)c2ccccc2N1. The number of amides is 2. The Morgan fingerprint density at radius 3 is 3.09 bits per heavy atom. The van der Waals surface area contributed by atoms with Gasteiger partial charge in [-0.25, -0.2) is 4.98 Å². The average molecular weight is 299 g/mol. The lowest BCUT2D eigenvalue weighted by Crippen LogP contribution is -2.35. The minimum Gasteiger partial charge on any atom is -0.349 e. The predicted octanol–water partition coefficient (Wildman–Crippen LogP) is 1.26. The highest BCUT2D eigenvalue weighted by atomic mass is 16.2. The third-order valence-corrected chi connectivity index (χ3v) is 3.59. The van der Waals surface area contributed by atoms with E-state index in [9.17, 15) is 9.59 Å². The lowest BCUT2D eigenvalue weighted by atomic mass is 9.97. The molecule has 7 nitrogen and oxygen atoms in total. The van der Waals surface area contributed by atoms with Crippen molar-refractivity contribution in [1.29, 1.82) is 0 Å². The fourth-order valence-electron chi connectivity index (χ4n) is 2.56. The summed E-state index contributed by atoms with van der Waals surface area (Å²) >= 11 is 0. The molecule has 7 heteroatoms. The zero-order chi connectivity index (χ0) is 15.4. The molecule has 0 bridgehead atoms. The molecule has 0 aliphatic carbocycles. The van der Waals surface area contributed by atoms with Gasteiger partial charge in [0.1, 0.15) is 12.7 Å². The molecule has 2 N–H and O–H groups in total. The maximum absolute atomic E-state index is 12.1. The largest absolute Gasteiger partial charge is 0.349 e. The molecule has 2 heterocycles. The number of anilines is 1. The van der Waals surface area contributed by atoms with Gasteiger partial charge in [-0.15, -0.1) is 0 Å². The summed E-state index contributed by atoms with van der Waals surface area (Å²) in [4.78, 5) is 27.6. The highest BCUT2D eigenvalue weighted by Crippen LogP contribution is 2.29. The molecule has 2 amide bonds. The first-order valence-electron chi connectivity index (χ1n) is 7.23. The van der Waals surface area contributed by atoms with Gasteiger partial charge in [0.2, 0.25) is 11.8 Å². The molecule has 114 valence electrons. The van der Waals surface area contributed by atoms with Crippen molar-refractivity contribution in [2.75, 3.05) is 5.32 Å². The van der Waals surface area contributed by atoms with Crippen molar-refractivity contribution >= 4 is 17.5 Å². The zero-order valence-corrected chi connectivity index (χ0v) is 12.0. The summed E-state index contributed by atoms with van der Waals surface area (Å²) in [5.74, 6) is -0.138. The normalized spacial score (nSPS) is 16.7. The number of hydrogen-bond acceptors (Lipinski definition) is 4. The van der Waals surface area contributed by atoms with E-state index in [0.717, 1.165) is 11.3 Å². The Hall–Kier alpha value is -2.70. The van der Waals surface area contributed by atoms with Crippen LogP contribution in [0.1, 0.15) is 30.9 Å². The molecule has 1 aromatic heterocycles. The molecule has 0 spiro atoms. The fourth-order valence-corrected chi connectivity index (χ4v) is 2.56. The number of carbonyl (C=O) groups excluding carboxylic acids is 2. The van der Waals surface area contributed by atoms with Crippen molar-refractivity contribution in [3.63, 3.8) is 0 Å². The number of fused-ring (bicyclic) bond motifs is 1. The number of nitrogens with one attached hydrogen (secondary N) is 2. The summed E-state index contributed by atoms with van der Waals surface area (Å²) in [6.45, 7) is 0.648. The third kappa shape index (κ3) is 3.30. The van der Waals surface area contributed by atoms with Crippen molar-refractivity contribution in [2.45, 2.75) is 31.8 Å². The van der Waals surface area contributed by atoms with Crippen LogP contribution in [0.5, 0.6) is 0 Å². The van der Waals surface area contributed by atoms with Gasteiger partial charge in [-0.05, 0) is 18.1 Å². The third-order valence-electron chi connectivity index (χ3n) is 3.59. The van der Waals surface area contributed by atoms with E-state index < -0.39 is 0 Å². The Morgan fingerprint density at radius 2 is 2.27 bits per heavy atom. The van der Waals surface area contributed by atoms with Gasteiger partial charge in [-0.2, -0.15) is 5.10 Å². The second-order valence-corrected chi connectivity index (χ2v) is 5.22. The quantitative estimate of drug-likeness (QED) is 0.870. The molecule has 0 saturated carbocycles. The van der Waals surface area contributed by atoms with Crippen molar-refractivity contribution in [1.82, 2.24) is 20.1 Å². The second-order valence-electron chi connectivity index (χ2n) is 5.22. The van der Waals surface area contributed by atoms with Gasteiger partial charge < -0.3 is 10.6 Å². The van der Waals surface area contributed by atoms with Crippen LogP contribution in [0, 0.1) is 0 Å². The van der Waals surface area contributed by atoms with E-state index in [1.165, 1.54) is 6.33 Å². The molecule has 2 aromatic rings. The summed E-state index contributed by atoms with van der Waals surface area (Å²) < 4.78 is 1.69. The first-order valence-corrected chi connectivity index (χ1v) is 7.23. The van der Waals surface area contributed by atoms with Crippen molar-refractivity contribution in [2.24, 2.45) is 0 Å². The molecule has 0 saturated heterocycles. The number of aryl methyl sites for hydroxylation is 1. The van der Waals surface area contributed by atoms with Gasteiger partial charge >= 0.3 is 0 Å². The summed E-state index contributed by atoms with van der Waals surface area (Å²) in [7, 11) is 0. The highest BCUT2D eigenvalue weighted by Gasteiger charge is 2.25. The Kier molecular flexibility index (Phi) is 4.13.